The monoisotopic (exact) mass is 276 g/mol. The summed E-state index contributed by atoms with van der Waals surface area (Å²) in [6, 6.07) is -0.336. The van der Waals surface area contributed by atoms with Gasteiger partial charge in [-0.05, 0) is 18.8 Å². The van der Waals surface area contributed by atoms with E-state index in [0.29, 0.717) is 0 Å². The Morgan fingerprint density at radius 3 is 2.78 bits per heavy atom. The van der Waals surface area contributed by atoms with Crippen molar-refractivity contribution in [2.24, 2.45) is 17.1 Å². The van der Waals surface area contributed by atoms with E-state index in [1.54, 1.807) is 0 Å². The molecule has 2 aliphatic rings. The Morgan fingerprint density at radius 2 is 2.22 bits per heavy atom. The van der Waals surface area contributed by atoms with Crippen LogP contribution in [0.25, 0.3) is 0 Å². The molecular weight excluding hydrogens is 252 g/mol. The van der Waals surface area contributed by atoms with Gasteiger partial charge < -0.3 is 15.4 Å². The molecule has 106 valence electrons. The normalized spacial score (nSPS) is 30.3. The summed E-state index contributed by atoms with van der Waals surface area (Å²) in [6.07, 6.45) is 3.12. The highest BCUT2D eigenvalue weighted by Crippen LogP contribution is 2.38. The number of ether oxygens (including phenoxy) is 1. The van der Waals surface area contributed by atoms with Crippen LogP contribution in [-0.4, -0.2) is 43.2 Å². The lowest BCUT2D eigenvalue weighted by atomic mass is 9.87. The number of nitrogens with zero attached hydrogens (tertiary/aromatic N) is 1. The average molecular weight is 277 g/mol. The number of hydrogen-bond acceptors (Lipinski definition) is 3. The second-order valence-electron chi connectivity index (χ2n) is 5.72. The zero-order chi connectivity index (χ0) is 12.5. The maximum absolute atomic E-state index is 12.2. The third-order valence-electron chi connectivity index (χ3n) is 4.48. The minimum absolute atomic E-state index is 0. The molecule has 2 fully saturated rings. The molecule has 3 atom stereocenters. The molecule has 5 heteroatoms. The maximum Gasteiger partial charge on any atom is 0.239 e. The lowest BCUT2D eigenvalue weighted by molar-refractivity contribution is -0.133. The zero-order valence-corrected chi connectivity index (χ0v) is 12.2. The Bertz CT molecular complexity index is 293. The lowest BCUT2D eigenvalue weighted by Gasteiger charge is -2.26. The summed E-state index contributed by atoms with van der Waals surface area (Å²) < 4.78 is 5.47. The minimum atomic E-state index is -0.336. The molecule has 0 bridgehead atoms. The number of amides is 1. The van der Waals surface area contributed by atoms with Crippen molar-refractivity contribution in [3.63, 3.8) is 0 Å². The fourth-order valence-electron chi connectivity index (χ4n) is 2.80. The number of rotatable bonds is 3. The first-order valence-corrected chi connectivity index (χ1v) is 6.70. The van der Waals surface area contributed by atoms with Crippen LogP contribution in [0.1, 0.15) is 33.1 Å². The lowest BCUT2D eigenvalue weighted by Crippen LogP contribution is -2.46. The van der Waals surface area contributed by atoms with Gasteiger partial charge in [-0.3, -0.25) is 4.79 Å². The summed E-state index contributed by atoms with van der Waals surface area (Å²) in [7, 11) is 0. The molecule has 2 saturated heterocycles. The largest absolute Gasteiger partial charge is 0.381 e. The van der Waals surface area contributed by atoms with Crippen LogP contribution in [0, 0.1) is 11.3 Å². The summed E-state index contributed by atoms with van der Waals surface area (Å²) in [5.74, 6) is 0.391. The topological polar surface area (TPSA) is 55.6 Å². The third kappa shape index (κ3) is 2.98. The first-order chi connectivity index (χ1) is 8.08. The summed E-state index contributed by atoms with van der Waals surface area (Å²) in [4.78, 5) is 14.2. The summed E-state index contributed by atoms with van der Waals surface area (Å²) >= 11 is 0. The molecule has 2 rings (SSSR count). The Balaban J connectivity index is 0.00000162. The Labute approximate surface area is 116 Å². The highest BCUT2D eigenvalue weighted by atomic mass is 35.5. The van der Waals surface area contributed by atoms with E-state index in [-0.39, 0.29) is 35.7 Å². The van der Waals surface area contributed by atoms with E-state index in [1.165, 1.54) is 0 Å². The average Bonchev–Trinajstić information content (AvgIpc) is 2.97. The number of carbonyl (C=O) groups is 1. The second-order valence-corrected chi connectivity index (χ2v) is 5.72. The smallest absolute Gasteiger partial charge is 0.239 e. The molecule has 1 amide bonds. The Morgan fingerprint density at radius 1 is 1.50 bits per heavy atom. The van der Waals surface area contributed by atoms with Crippen LogP contribution in [-0.2, 0) is 9.53 Å². The molecule has 0 aromatic rings. The molecule has 4 nitrogen and oxygen atoms in total. The predicted molar refractivity (Wildman–Crippen MR) is 73.7 cm³/mol. The van der Waals surface area contributed by atoms with Gasteiger partial charge in [-0.25, -0.2) is 0 Å². The molecular formula is C13H25ClN2O2. The van der Waals surface area contributed by atoms with Gasteiger partial charge in [0, 0.05) is 25.1 Å². The van der Waals surface area contributed by atoms with Gasteiger partial charge in [0.15, 0.2) is 0 Å². The van der Waals surface area contributed by atoms with Gasteiger partial charge in [0.25, 0.3) is 0 Å². The summed E-state index contributed by atoms with van der Waals surface area (Å²) in [6.45, 7) is 7.48. The van der Waals surface area contributed by atoms with E-state index < -0.39 is 0 Å². The minimum Gasteiger partial charge on any atom is -0.381 e. The van der Waals surface area contributed by atoms with Crippen LogP contribution in [0.3, 0.4) is 0 Å². The van der Waals surface area contributed by atoms with Crippen molar-refractivity contribution < 1.29 is 9.53 Å². The molecule has 2 heterocycles. The Kier molecular flexibility index (Phi) is 5.44. The predicted octanol–water partition coefficient (Wildman–Crippen LogP) is 1.42. The summed E-state index contributed by atoms with van der Waals surface area (Å²) in [5, 5.41) is 0. The van der Waals surface area contributed by atoms with E-state index in [0.717, 1.165) is 45.6 Å². The van der Waals surface area contributed by atoms with Gasteiger partial charge in [0.1, 0.15) is 0 Å². The van der Waals surface area contributed by atoms with Crippen molar-refractivity contribution in [3.05, 3.63) is 0 Å². The van der Waals surface area contributed by atoms with Gasteiger partial charge in [-0.2, -0.15) is 0 Å². The summed E-state index contributed by atoms with van der Waals surface area (Å²) in [5.41, 5.74) is 6.26. The van der Waals surface area contributed by atoms with Crippen molar-refractivity contribution in [2.45, 2.75) is 39.2 Å². The van der Waals surface area contributed by atoms with Crippen LogP contribution in [0.2, 0.25) is 0 Å². The Hall–Kier alpha value is -0.320. The van der Waals surface area contributed by atoms with Gasteiger partial charge >= 0.3 is 0 Å². The van der Waals surface area contributed by atoms with Crippen molar-refractivity contribution in [2.75, 3.05) is 26.3 Å². The number of halogens is 1. The van der Waals surface area contributed by atoms with E-state index in [4.69, 9.17) is 10.5 Å². The maximum atomic E-state index is 12.2. The van der Waals surface area contributed by atoms with Gasteiger partial charge in [0.05, 0.1) is 12.6 Å². The third-order valence-corrected chi connectivity index (χ3v) is 4.48. The molecule has 0 radical (unpaired) electrons. The van der Waals surface area contributed by atoms with Crippen LogP contribution >= 0.6 is 12.4 Å². The highest BCUT2D eigenvalue weighted by Gasteiger charge is 2.43. The van der Waals surface area contributed by atoms with E-state index in [2.05, 4.69) is 6.92 Å². The number of nitrogens with two attached hydrogens (primary N) is 1. The standard InChI is InChI=1S/C13H24N2O2.ClH/c1-3-10(2)11(14)12(16)15-6-4-13(8-15)5-7-17-9-13;/h10-11H,3-9,14H2,1-2H3;1H. The molecule has 2 aliphatic heterocycles. The molecule has 18 heavy (non-hydrogen) atoms. The van der Waals surface area contributed by atoms with E-state index >= 15 is 0 Å². The van der Waals surface area contributed by atoms with Crippen LogP contribution in [0.4, 0.5) is 0 Å². The van der Waals surface area contributed by atoms with Crippen LogP contribution < -0.4 is 5.73 Å². The van der Waals surface area contributed by atoms with Gasteiger partial charge in [0.2, 0.25) is 5.91 Å². The molecule has 0 saturated carbocycles. The molecule has 0 aromatic carbocycles. The zero-order valence-electron chi connectivity index (χ0n) is 11.4. The van der Waals surface area contributed by atoms with Crippen LogP contribution in [0.15, 0.2) is 0 Å². The first-order valence-electron chi connectivity index (χ1n) is 6.70. The molecule has 0 aromatic heterocycles. The number of carbonyl (C=O) groups excluding carboxylic acids is 1. The highest BCUT2D eigenvalue weighted by molar-refractivity contribution is 5.85. The molecule has 0 aliphatic carbocycles. The quantitative estimate of drug-likeness (QED) is 0.848. The number of hydrogen-bond donors (Lipinski definition) is 1. The van der Waals surface area contributed by atoms with E-state index in [1.807, 2.05) is 11.8 Å². The second kappa shape index (κ2) is 6.22. The molecule has 3 unspecified atom stereocenters. The van der Waals surface area contributed by atoms with Crippen molar-refractivity contribution in [3.8, 4) is 0 Å². The number of likely N-dealkylation sites (tertiary alicyclic amines) is 1. The van der Waals surface area contributed by atoms with E-state index in [9.17, 15) is 4.79 Å². The fourth-order valence-corrected chi connectivity index (χ4v) is 2.80. The van der Waals surface area contributed by atoms with Gasteiger partial charge in [-0.15, -0.1) is 12.4 Å². The fraction of sp³-hybridized carbons (Fsp3) is 0.923. The van der Waals surface area contributed by atoms with Crippen molar-refractivity contribution in [1.82, 2.24) is 4.90 Å². The molecule has 2 N–H and O–H groups in total. The first kappa shape index (κ1) is 15.7. The SMILES string of the molecule is CCC(C)C(N)C(=O)N1CCC2(CCOC2)C1.Cl. The van der Waals surface area contributed by atoms with Gasteiger partial charge in [-0.1, -0.05) is 20.3 Å². The van der Waals surface area contributed by atoms with Crippen molar-refractivity contribution in [1.29, 1.82) is 0 Å². The van der Waals surface area contributed by atoms with Crippen LogP contribution in [0.5, 0.6) is 0 Å². The molecule has 1 spiro atoms. The van der Waals surface area contributed by atoms with Crippen molar-refractivity contribution >= 4 is 18.3 Å².